The van der Waals surface area contributed by atoms with Crippen molar-refractivity contribution in [2.45, 2.75) is 42.2 Å². The number of halogens is 2. The summed E-state index contributed by atoms with van der Waals surface area (Å²) in [5, 5.41) is 6.30. The van der Waals surface area contributed by atoms with Crippen LogP contribution in [-0.4, -0.2) is 5.25 Å². The van der Waals surface area contributed by atoms with Crippen molar-refractivity contribution in [2.75, 3.05) is 0 Å². The highest BCUT2D eigenvalue weighted by atomic mass is 127. The van der Waals surface area contributed by atoms with Gasteiger partial charge in [0.2, 0.25) is 0 Å². The van der Waals surface area contributed by atoms with E-state index in [1.807, 2.05) is 0 Å². The number of rotatable bonds is 2. The first-order valence-electron chi connectivity index (χ1n) is 8.19. The van der Waals surface area contributed by atoms with Gasteiger partial charge in [-0.2, -0.15) is 0 Å². The molecule has 0 amide bonds. The second kappa shape index (κ2) is 7.08. The molecule has 0 N–H and O–H groups in total. The Kier molecular flexibility index (Phi) is 5.07. The van der Waals surface area contributed by atoms with Crippen LogP contribution in [0, 0.1) is 7.14 Å². The summed E-state index contributed by atoms with van der Waals surface area (Å²) >= 11 is 7.03. The van der Waals surface area contributed by atoms with Crippen LogP contribution in [-0.2, 0) is 0 Å². The Morgan fingerprint density at radius 3 is 2.39 bits per heavy atom. The van der Waals surface area contributed by atoms with Gasteiger partial charge in [0.05, 0.1) is 0 Å². The van der Waals surface area contributed by atoms with Crippen molar-refractivity contribution in [3.63, 3.8) is 0 Å². The molecular weight excluding hydrogens is 526 g/mol. The van der Waals surface area contributed by atoms with Crippen LogP contribution >= 0.6 is 56.9 Å². The van der Waals surface area contributed by atoms with E-state index in [1.165, 1.54) is 65.7 Å². The van der Waals surface area contributed by atoms with Crippen molar-refractivity contribution >= 4 is 78.5 Å². The summed E-state index contributed by atoms with van der Waals surface area (Å²) in [5.41, 5.74) is 0. The molecule has 0 nitrogen and oxygen atoms in total. The van der Waals surface area contributed by atoms with E-state index in [1.54, 1.807) is 0 Å². The third-order valence-electron chi connectivity index (χ3n) is 4.68. The molecule has 1 aliphatic rings. The standard InChI is InChI=1S/C20H18I2S/c21-16-8-6-13-12-18-14(10-15(13)11-16)7-9-19(22)20(18)23-17-4-2-1-3-5-17/h6-12,17H,1-5H2. The average Bonchev–Trinajstić information content (AvgIpc) is 2.57. The quantitative estimate of drug-likeness (QED) is 0.236. The fourth-order valence-corrected chi connectivity index (χ4v) is 6.21. The second-order valence-corrected chi connectivity index (χ2v) is 10.0. The highest BCUT2D eigenvalue weighted by Gasteiger charge is 2.17. The van der Waals surface area contributed by atoms with Crippen molar-refractivity contribution in [1.82, 2.24) is 0 Å². The lowest BCUT2D eigenvalue weighted by molar-refractivity contribution is 0.516. The van der Waals surface area contributed by atoms with Gasteiger partial charge < -0.3 is 0 Å². The summed E-state index contributed by atoms with van der Waals surface area (Å²) in [6.07, 6.45) is 6.99. The SMILES string of the molecule is Ic1ccc2cc3c(SC4CCCCC4)c(I)ccc3cc2c1. The van der Waals surface area contributed by atoms with E-state index in [2.05, 4.69) is 99.4 Å². The zero-order chi connectivity index (χ0) is 15.8. The molecule has 1 fully saturated rings. The predicted octanol–water partition coefficient (Wildman–Crippen LogP) is 7.63. The lowest BCUT2D eigenvalue weighted by atomic mass is 10.0. The molecule has 1 aliphatic carbocycles. The molecule has 0 atom stereocenters. The zero-order valence-corrected chi connectivity index (χ0v) is 18.0. The van der Waals surface area contributed by atoms with Crippen LogP contribution in [0.3, 0.4) is 0 Å². The van der Waals surface area contributed by atoms with Gasteiger partial charge >= 0.3 is 0 Å². The summed E-state index contributed by atoms with van der Waals surface area (Å²) in [7, 11) is 0. The van der Waals surface area contributed by atoms with E-state index in [0.29, 0.717) is 0 Å². The summed E-state index contributed by atoms with van der Waals surface area (Å²) in [4.78, 5) is 1.50. The minimum atomic E-state index is 0.801. The molecule has 23 heavy (non-hydrogen) atoms. The van der Waals surface area contributed by atoms with Gasteiger partial charge in [0, 0.05) is 17.3 Å². The monoisotopic (exact) mass is 544 g/mol. The fourth-order valence-electron chi connectivity index (χ4n) is 3.46. The number of fused-ring (bicyclic) bond motifs is 2. The minimum Gasteiger partial charge on any atom is -0.121 e. The fraction of sp³-hybridized carbons (Fsp3) is 0.300. The smallest absolute Gasteiger partial charge is 0.0287 e. The third-order valence-corrected chi connectivity index (χ3v) is 8.09. The molecule has 0 heterocycles. The molecule has 0 saturated heterocycles. The molecule has 1 saturated carbocycles. The highest BCUT2D eigenvalue weighted by Crippen LogP contribution is 2.40. The van der Waals surface area contributed by atoms with Crippen molar-refractivity contribution < 1.29 is 0 Å². The van der Waals surface area contributed by atoms with Crippen LogP contribution in [0.25, 0.3) is 21.5 Å². The first kappa shape index (κ1) is 16.5. The lowest BCUT2D eigenvalue weighted by Gasteiger charge is -2.22. The minimum absolute atomic E-state index is 0.801. The first-order valence-corrected chi connectivity index (χ1v) is 11.2. The van der Waals surface area contributed by atoms with Crippen LogP contribution in [0.2, 0.25) is 0 Å². The van der Waals surface area contributed by atoms with Gasteiger partial charge in [-0.3, -0.25) is 0 Å². The summed E-state index contributed by atoms with van der Waals surface area (Å²) < 4.78 is 2.70. The van der Waals surface area contributed by atoms with Crippen molar-refractivity contribution in [2.24, 2.45) is 0 Å². The molecule has 3 heteroatoms. The molecule has 3 aromatic carbocycles. The van der Waals surface area contributed by atoms with Gasteiger partial charge in [-0.05, 0) is 110 Å². The maximum Gasteiger partial charge on any atom is 0.0287 e. The number of benzene rings is 3. The summed E-state index contributed by atoms with van der Waals surface area (Å²) in [6.45, 7) is 0. The summed E-state index contributed by atoms with van der Waals surface area (Å²) in [6, 6.07) is 16.1. The Morgan fingerprint density at radius 1 is 0.783 bits per heavy atom. The lowest BCUT2D eigenvalue weighted by Crippen LogP contribution is -2.08. The number of thioether (sulfide) groups is 1. The molecule has 0 radical (unpaired) electrons. The molecule has 3 aromatic rings. The van der Waals surface area contributed by atoms with E-state index in [0.717, 1.165) is 5.25 Å². The highest BCUT2D eigenvalue weighted by molar-refractivity contribution is 14.1. The molecule has 4 rings (SSSR count). The van der Waals surface area contributed by atoms with Crippen LogP contribution < -0.4 is 0 Å². The summed E-state index contributed by atoms with van der Waals surface area (Å²) in [5.74, 6) is 0. The van der Waals surface area contributed by atoms with Crippen LogP contribution in [0.5, 0.6) is 0 Å². The predicted molar refractivity (Wildman–Crippen MR) is 120 cm³/mol. The maximum absolute atomic E-state index is 2.51. The molecule has 0 aliphatic heterocycles. The second-order valence-electron chi connectivity index (χ2n) is 6.32. The number of hydrogen-bond acceptors (Lipinski definition) is 1. The normalized spacial score (nSPS) is 16.3. The molecule has 0 aromatic heterocycles. The van der Waals surface area contributed by atoms with E-state index in [-0.39, 0.29) is 0 Å². The van der Waals surface area contributed by atoms with Crippen molar-refractivity contribution in [1.29, 1.82) is 0 Å². The third kappa shape index (κ3) is 3.52. The Bertz CT molecular complexity index is 866. The van der Waals surface area contributed by atoms with Gasteiger partial charge in [0.15, 0.2) is 0 Å². The van der Waals surface area contributed by atoms with Gasteiger partial charge in [-0.25, -0.2) is 0 Å². The van der Waals surface area contributed by atoms with Gasteiger partial charge in [0.25, 0.3) is 0 Å². The Hall–Kier alpha value is -0.0100. The Labute approximate surface area is 169 Å². The van der Waals surface area contributed by atoms with E-state index in [4.69, 9.17) is 0 Å². The Balaban J connectivity index is 1.84. The largest absolute Gasteiger partial charge is 0.121 e. The van der Waals surface area contributed by atoms with E-state index in [9.17, 15) is 0 Å². The Morgan fingerprint density at radius 2 is 1.57 bits per heavy atom. The van der Waals surface area contributed by atoms with Crippen LogP contribution in [0.1, 0.15) is 32.1 Å². The van der Waals surface area contributed by atoms with Gasteiger partial charge in [-0.15, -0.1) is 11.8 Å². The maximum atomic E-state index is 2.51. The van der Waals surface area contributed by atoms with Crippen molar-refractivity contribution in [3.8, 4) is 0 Å². The van der Waals surface area contributed by atoms with E-state index < -0.39 is 0 Å². The number of hydrogen-bond donors (Lipinski definition) is 0. The zero-order valence-electron chi connectivity index (χ0n) is 12.8. The molecule has 0 spiro atoms. The van der Waals surface area contributed by atoms with Crippen molar-refractivity contribution in [3.05, 3.63) is 49.6 Å². The van der Waals surface area contributed by atoms with Crippen LogP contribution in [0.4, 0.5) is 0 Å². The molecule has 118 valence electrons. The average molecular weight is 544 g/mol. The topological polar surface area (TPSA) is 0 Å². The molecular formula is C20H18I2S. The first-order chi connectivity index (χ1) is 11.2. The van der Waals surface area contributed by atoms with Crippen LogP contribution in [0.15, 0.2) is 47.4 Å². The van der Waals surface area contributed by atoms with Gasteiger partial charge in [-0.1, -0.05) is 31.4 Å². The van der Waals surface area contributed by atoms with E-state index >= 15 is 0 Å². The van der Waals surface area contributed by atoms with Gasteiger partial charge in [0.1, 0.15) is 0 Å². The molecule has 0 bridgehead atoms. The molecule has 0 unspecified atom stereocenters.